The Morgan fingerprint density at radius 1 is 1.11 bits per heavy atom. The number of guanidine groups is 1. The molecule has 0 spiro atoms. The molecule has 0 aliphatic rings. The van der Waals surface area contributed by atoms with Gasteiger partial charge in [0.1, 0.15) is 0 Å². The second-order valence-corrected chi connectivity index (χ2v) is 4.42. The molecule has 2 amide bonds. The van der Waals surface area contributed by atoms with E-state index < -0.39 is 0 Å². The summed E-state index contributed by atoms with van der Waals surface area (Å²) >= 11 is 1.54. The minimum atomic E-state index is -0.327. The molecule has 1 aromatic rings. The van der Waals surface area contributed by atoms with Crippen LogP contribution in [0.5, 0.6) is 0 Å². The fourth-order valence-corrected chi connectivity index (χ4v) is 1.75. The van der Waals surface area contributed by atoms with Crippen molar-refractivity contribution in [3.05, 3.63) is 22.4 Å². The molecule has 0 bridgehead atoms. The van der Waals surface area contributed by atoms with Crippen LogP contribution in [0.4, 0.5) is 0 Å². The molecular weight excluding hydrogens is 252 g/mol. The van der Waals surface area contributed by atoms with Gasteiger partial charge in [-0.1, -0.05) is 6.07 Å². The second kappa shape index (κ2) is 6.65. The largest absolute Gasteiger partial charge is 0.295 e. The van der Waals surface area contributed by atoms with Crippen molar-refractivity contribution in [3.8, 4) is 0 Å². The molecule has 0 unspecified atom stereocenters. The van der Waals surface area contributed by atoms with Crippen LogP contribution in [0.25, 0.3) is 0 Å². The van der Waals surface area contributed by atoms with E-state index in [1.165, 1.54) is 25.2 Å². The van der Waals surface area contributed by atoms with Gasteiger partial charge in [0.25, 0.3) is 0 Å². The summed E-state index contributed by atoms with van der Waals surface area (Å²) in [7, 11) is 0. The highest BCUT2D eigenvalue weighted by molar-refractivity contribution is 7.12. The van der Waals surface area contributed by atoms with Gasteiger partial charge in [0.05, 0.1) is 10.6 Å². The second-order valence-electron chi connectivity index (χ2n) is 3.47. The molecular formula is C11H14N4O2S. The Bertz CT molecular complexity index is 473. The Kier molecular flexibility index (Phi) is 5.19. The van der Waals surface area contributed by atoms with Gasteiger partial charge in [-0.05, 0) is 18.4 Å². The number of hydrogen-bond acceptors (Lipinski definition) is 5. The molecule has 2 N–H and O–H groups in total. The van der Waals surface area contributed by atoms with Gasteiger partial charge >= 0.3 is 0 Å². The van der Waals surface area contributed by atoms with Crippen LogP contribution in [-0.4, -0.2) is 23.5 Å². The van der Waals surface area contributed by atoms with Crippen molar-refractivity contribution in [3.63, 3.8) is 0 Å². The lowest BCUT2D eigenvalue weighted by Gasteiger charge is -2.04. The van der Waals surface area contributed by atoms with Crippen LogP contribution < -0.4 is 10.6 Å². The van der Waals surface area contributed by atoms with Gasteiger partial charge in [-0.3, -0.25) is 20.2 Å². The number of amides is 2. The van der Waals surface area contributed by atoms with Gasteiger partial charge in [-0.25, -0.2) is 0 Å². The van der Waals surface area contributed by atoms with Crippen LogP contribution in [0.2, 0.25) is 0 Å². The SMILES string of the molecule is CC(=O)NC(=N/N=C(\C)c1cccs1)NC(C)=O. The molecule has 0 fully saturated rings. The smallest absolute Gasteiger partial charge is 0.229 e. The van der Waals surface area contributed by atoms with Gasteiger partial charge in [-0.2, -0.15) is 5.10 Å². The zero-order valence-electron chi connectivity index (χ0n) is 10.4. The quantitative estimate of drug-likeness (QED) is 0.477. The zero-order valence-corrected chi connectivity index (χ0v) is 11.2. The van der Waals surface area contributed by atoms with Crippen LogP contribution in [0.3, 0.4) is 0 Å². The molecule has 0 saturated heterocycles. The van der Waals surface area contributed by atoms with Crippen molar-refractivity contribution in [2.75, 3.05) is 0 Å². The van der Waals surface area contributed by atoms with E-state index in [4.69, 9.17) is 0 Å². The first-order valence-corrected chi connectivity index (χ1v) is 6.08. The predicted molar refractivity (Wildman–Crippen MR) is 71.6 cm³/mol. The lowest BCUT2D eigenvalue weighted by molar-refractivity contribution is -0.117. The highest BCUT2D eigenvalue weighted by Gasteiger charge is 2.04. The highest BCUT2D eigenvalue weighted by Crippen LogP contribution is 2.09. The molecule has 96 valence electrons. The van der Waals surface area contributed by atoms with Gasteiger partial charge in [0.15, 0.2) is 0 Å². The number of carbonyl (C=O) groups is 2. The maximum atomic E-state index is 10.9. The van der Waals surface area contributed by atoms with Crippen LogP contribution >= 0.6 is 11.3 Å². The lowest BCUT2D eigenvalue weighted by atomic mass is 10.3. The van der Waals surface area contributed by atoms with E-state index in [1.807, 2.05) is 17.5 Å². The van der Waals surface area contributed by atoms with Gasteiger partial charge in [0, 0.05) is 13.8 Å². The van der Waals surface area contributed by atoms with Crippen molar-refractivity contribution in [1.82, 2.24) is 10.6 Å². The molecule has 0 aliphatic carbocycles. The Hall–Kier alpha value is -2.02. The molecule has 1 rings (SSSR count). The molecule has 7 heteroatoms. The summed E-state index contributed by atoms with van der Waals surface area (Å²) in [6.45, 7) is 4.45. The third-order valence-corrected chi connectivity index (χ3v) is 2.75. The molecule has 1 heterocycles. The molecule has 18 heavy (non-hydrogen) atoms. The molecule has 0 atom stereocenters. The highest BCUT2D eigenvalue weighted by atomic mass is 32.1. The first-order chi connectivity index (χ1) is 8.49. The van der Waals surface area contributed by atoms with E-state index in [0.717, 1.165) is 4.88 Å². The number of hydrogen-bond donors (Lipinski definition) is 2. The third-order valence-electron chi connectivity index (χ3n) is 1.77. The van der Waals surface area contributed by atoms with E-state index in [1.54, 1.807) is 6.92 Å². The summed E-state index contributed by atoms with van der Waals surface area (Å²) in [6, 6.07) is 3.82. The molecule has 6 nitrogen and oxygen atoms in total. The maximum Gasteiger partial charge on any atom is 0.229 e. The summed E-state index contributed by atoms with van der Waals surface area (Å²) in [4.78, 5) is 22.8. The third kappa shape index (κ3) is 4.88. The van der Waals surface area contributed by atoms with Crippen molar-refractivity contribution in [2.24, 2.45) is 10.2 Å². The minimum absolute atomic E-state index is 0.0194. The van der Waals surface area contributed by atoms with Crippen molar-refractivity contribution in [2.45, 2.75) is 20.8 Å². The van der Waals surface area contributed by atoms with E-state index >= 15 is 0 Å². The fourth-order valence-electron chi connectivity index (χ4n) is 1.07. The Morgan fingerprint density at radius 2 is 1.72 bits per heavy atom. The van der Waals surface area contributed by atoms with E-state index in [-0.39, 0.29) is 17.8 Å². The maximum absolute atomic E-state index is 10.9. The average molecular weight is 266 g/mol. The van der Waals surface area contributed by atoms with Gasteiger partial charge in [0.2, 0.25) is 17.8 Å². The van der Waals surface area contributed by atoms with Crippen LogP contribution in [0, 0.1) is 0 Å². The van der Waals surface area contributed by atoms with Gasteiger partial charge < -0.3 is 0 Å². The summed E-state index contributed by atoms with van der Waals surface area (Å²) in [5, 5.41) is 14.5. The van der Waals surface area contributed by atoms with E-state index in [9.17, 15) is 9.59 Å². The Balaban J connectivity index is 2.84. The fraction of sp³-hybridized carbons (Fsp3) is 0.273. The van der Waals surface area contributed by atoms with Crippen LogP contribution in [0.1, 0.15) is 25.6 Å². The number of nitrogens with one attached hydrogen (secondary N) is 2. The number of carbonyl (C=O) groups excluding carboxylic acids is 2. The van der Waals surface area contributed by atoms with E-state index in [2.05, 4.69) is 20.8 Å². The Labute approximate surface area is 109 Å². The zero-order chi connectivity index (χ0) is 13.5. The Morgan fingerprint density at radius 3 is 2.17 bits per heavy atom. The summed E-state index contributed by atoms with van der Waals surface area (Å²) in [5.41, 5.74) is 0.707. The van der Waals surface area contributed by atoms with Crippen molar-refractivity contribution < 1.29 is 9.59 Å². The topological polar surface area (TPSA) is 82.9 Å². The number of rotatable bonds is 2. The lowest BCUT2D eigenvalue weighted by Crippen LogP contribution is -2.41. The van der Waals surface area contributed by atoms with E-state index in [0.29, 0.717) is 5.71 Å². The first-order valence-electron chi connectivity index (χ1n) is 5.20. The molecule has 0 saturated carbocycles. The molecule has 0 aliphatic heterocycles. The molecule has 0 aromatic carbocycles. The summed E-state index contributed by atoms with van der Waals surface area (Å²) in [6.07, 6.45) is 0. The van der Waals surface area contributed by atoms with Crippen LogP contribution in [0.15, 0.2) is 27.7 Å². The van der Waals surface area contributed by atoms with Crippen molar-refractivity contribution in [1.29, 1.82) is 0 Å². The normalized spacial score (nSPS) is 10.7. The monoisotopic (exact) mass is 266 g/mol. The average Bonchev–Trinajstić information content (AvgIpc) is 2.77. The molecule has 1 aromatic heterocycles. The number of thiophene rings is 1. The summed E-state index contributed by atoms with van der Waals surface area (Å²) < 4.78 is 0. The first kappa shape index (κ1) is 14.0. The minimum Gasteiger partial charge on any atom is -0.295 e. The number of nitrogens with zero attached hydrogens (tertiary/aromatic N) is 2. The van der Waals surface area contributed by atoms with Gasteiger partial charge in [-0.15, -0.1) is 16.4 Å². The standard InChI is InChI=1S/C11H14N4O2S/c1-7(10-5-4-6-18-10)14-15-11(12-8(2)16)13-9(3)17/h4-6H,1-3H3,(H2,12,13,15,16,17)/b14-7+. The molecule has 0 radical (unpaired) electrons. The summed E-state index contributed by atoms with van der Waals surface area (Å²) in [5.74, 6) is -0.635. The predicted octanol–water partition coefficient (Wildman–Crippen LogP) is 1.10. The van der Waals surface area contributed by atoms with Crippen molar-refractivity contribution >= 4 is 34.8 Å². The van der Waals surface area contributed by atoms with Crippen LogP contribution in [-0.2, 0) is 9.59 Å².